The zero-order chi connectivity index (χ0) is 19.9. The number of ketones is 1. The van der Waals surface area contributed by atoms with Crippen LogP contribution in [0.15, 0.2) is 24.3 Å². The smallest absolute Gasteiger partial charge is 0.237 e. The number of Topliss-reactive ketones (excluding diaryl/α,β-unsaturated/α-hetero) is 1. The molecule has 3 rings (SSSR count). The summed E-state index contributed by atoms with van der Waals surface area (Å²) in [6.45, 7) is 2.77. The molecule has 2 atom stereocenters. The van der Waals surface area contributed by atoms with Crippen LogP contribution in [0.5, 0.6) is 0 Å². The molecule has 152 valence electrons. The van der Waals surface area contributed by atoms with Crippen molar-refractivity contribution in [1.29, 1.82) is 0 Å². The van der Waals surface area contributed by atoms with Gasteiger partial charge in [0.2, 0.25) is 11.8 Å². The molecule has 2 saturated heterocycles. The summed E-state index contributed by atoms with van der Waals surface area (Å²) in [5, 5.41) is 6.19. The van der Waals surface area contributed by atoms with E-state index < -0.39 is 0 Å². The standard InChI is InChI=1S/C21H28FN3O3/c22-17-7-5-16(6-8-17)19(26)9-10-20(27)25-12-2-3-15(14-25)13-24-21(28)18-4-1-11-23-18/h5-8,15,18,23H,1-4,9-14H2,(H,24,28). The van der Waals surface area contributed by atoms with Gasteiger partial charge in [-0.3, -0.25) is 14.4 Å². The Morgan fingerprint density at radius 2 is 1.89 bits per heavy atom. The molecular weight excluding hydrogens is 361 g/mol. The predicted octanol–water partition coefficient (Wildman–Crippen LogP) is 1.90. The monoisotopic (exact) mass is 389 g/mol. The van der Waals surface area contributed by atoms with Crippen molar-refractivity contribution in [1.82, 2.24) is 15.5 Å². The second-order valence-corrected chi connectivity index (χ2v) is 7.67. The second kappa shape index (κ2) is 9.78. The summed E-state index contributed by atoms with van der Waals surface area (Å²) in [6, 6.07) is 5.31. The highest BCUT2D eigenvalue weighted by Gasteiger charge is 2.26. The molecule has 1 aromatic rings. The van der Waals surface area contributed by atoms with Gasteiger partial charge in [0.25, 0.3) is 0 Å². The maximum absolute atomic E-state index is 12.9. The molecule has 0 spiro atoms. The van der Waals surface area contributed by atoms with Gasteiger partial charge in [-0.1, -0.05) is 0 Å². The van der Waals surface area contributed by atoms with E-state index in [1.165, 1.54) is 24.3 Å². The molecule has 2 aliphatic rings. The topological polar surface area (TPSA) is 78.5 Å². The van der Waals surface area contributed by atoms with E-state index in [4.69, 9.17) is 0 Å². The molecule has 2 unspecified atom stereocenters. The first kappa shape index (κ1) is 20.5. The summed E-state index contributed by atoms with van der Waals surface area (Å²) >= 11 is 0. The normalized spacial score (nSPS) is 22.1. The van der Waals surface area contributed by atoms with Crippen LogP contribution in [-0.4, -0.2) is 54.7 Å². The van der Waals surface area contributed by atoms with Gasteiger partial charge >= 0.3 is 0 Å². The lowest BCUT2D eigenvalue weighted by molar-refractivity contribution is -0.132. The number of rotatable bonds is 7. The summed E-state index contributed by atoms with van der Waals surface area (Å²) in [4.78, 5) is 38.6. The van der Waals surface area contributed by atoms with Crippen LogP contribution in [0.3, 0.4) is 0 Å². The molecule has 2 heterocycles. The molecule has 0 radical (unpaired) electrons. The number of carbonyl (C=O) groups excluding carboxylic acids is 3. The fraction of sp³-hybridized carbons (Fsp3) is 0.571. The minimum Gasteiger partial charge on any atom is -0.354 e. The molecule has 0 aliphatic carbocycles. The van der Waals surface area contributed by atoms with Crippen LogP contribution in [0.2, 0.25) is 0 Å². The Labute approximate surface area is 164 Å². The Morgan fingerprint density at radius 3 is 2.61 bits per heavy atom. The largest absolute Gasteiger partial charge is 0.354 e. The first-order valence-corrected chi connectivity index (χ1v) is 10.1. The molecule has 28 heavy (non-hydrogen) atoms. The second-order valence-electron chi connectivity index (χ2n) is 7.67. The Morgan fingerprint density at radius 1 is 1.11 bits per heavy atom. The van der Waals surface area contributed by atoms with Gasteiger partial charge in [0.1, 0.15) is 5.82 Å². The molecule has 1 aromatic carbocycles. The number of halogens is 1. The van der Waals surface area contributed by atoms with E-state index >= 15 is 0 Å². The lowest BCUT2D eigenvalue weighted by atomic mass is 9.97. The number of hydrogen-bond acceptors (Lipinski definition) is 4. The van der Waals surface area contributed by atoms with Crippen molar-refractivity contribution < 1.29 is 18.8 Å². The molecule has 2 amide bonds. The third-order valence-corrected chi connectivity index (χ3v) is 5.55. The Hall–Kier alpha value is -2.28. The number of likely N-dealkylation sites (tertiary alicyclic amines) is 1. The van der Waals surface area contributed by atoms with Crippen LogP contribution in [-0.2, 0) is 9.59 Å². The molecular formula is C21H28FN3O3. The maximum Gasteiger partial charge on any atom is 0.237 e. The summed E-state index contributed by atoms with van der Waals surface area (Å²) in [6.07, 6.45) is 4.07. The highest BCUT2D eigenvalue weighted by atomic mass is 19.1. The SMILES string of the molecule is O=C(CCC(=O)N1CCCC(CNC(=O)C2CCCN2)C1)c1ccc(F)cc1. The third kappa shape index (κ3) is 5.61. The zero-order valence-electron chi connectivity index (χ0n) is 16.1. The first-order chi connectivity index (χ1) is 13.5. The fourth-order valence-corrected chi connectivity index (χ4v) is 3.89. The average Bonchev–Trinajstić information content (AvgIpc) is 3.26. The molecule has 7 heteroatoms. The lowest BCUT2D eigenvalue weighted by Gasteiger charge is -2.33. The molecule has 2 aliphatic heterocycles. The molecule has 6 nitrogen and oxygen atoms in total. The first-order valence-electron chi connectivity index (χ1n) is 10.1. The highest BCUT2D eigenvalue weighted by molar-refractivity contribution is 5.97. The van der Waals surface area contributed by atoms with Crippen molar-refractivity contribution in [2.75, 3.05) is 26.2 Å². The van der Waals surface area contributed by atoms with Crippen LogP contribution in [0.4, 0.5) is 4.39 Å². The van der Waals surface area contributed by atoms with Crippen molar-refractivity contribution in [3.63, 3.8) is 0 Å². The van der Waals surface area contributed by atoms with Crippen molar-refractivity contribution >= 4 is 17.6 Å². The number of benzene rings is 1. The molecule has 0 aromatic heterocycles. The van der Waals surface area contributed by atoms with Crippen molar-refractivity contribution in [2.45, 2.75) is 44.6 Å². The number of nitrogens with one attached hydrogen (secondary N) is 2. The van der Waals surface area contributed by atoms with Gasteiger partial charge in [-0.15, -0.1) is 0 Å². The molecule has 2 N–H and O–H groups in total. The Bertz CT molecular complexity index is 701. The van der Waals surface area contributed by atoms with Crippen LogP contribution in [0.25, 0.3) is 0 Å². The summed E-state index contributed by atoms with van der Waals surface area (Å²) in [7, 11) is 0. The Kier molecular flexibility index (Phi) is 7.14. The van der Waals surface area contributed by atoms with E-state index in [1.54, 1.807) is 4.90 Å². The molecule has 0 saturated carbocycles. The van der Waals surface area contributed by atoms with Crippen LogP contribution >= 0.6 is 0 Å². The number of hydrogen-bond donors (Lipinski definition) is 2. The van der Waals surface area contributed by atoms with Crippen LogP contribution in [0, 0.1) is 11.7 Å². The predicted molar refractivity (Wildman–Crippen MR) is 103 cm³/mol. The van der Waals surface area contributed by atoms with Crippen molar-refractivity contribution in [3.05, 3.63) is 35.6 Å². The van der Waals surface area contributed by atoms with E-state index in [0.29, 0.717) is 25.2 Å². The summed E-state index contributed by atoms with van der Waals surface area (Å²) in [5.74, 6) is -0.285. The summed E-state index contributed by atoms with van der Waals surface area (Å²) in [5.41, 5.74) is 0.425. The third-order valence-electron chi connectivity index (χ3n) is 5.55. The summed E-state index contributed by atoms with van der Waals surface area (Å²) < 4.78 is 12.9. The number of piperidine rings is 1. The van der Waals surface area contributed by atoms with Gasteiger partial charge in [0.05, 0.1) is 6.04 Å². The maximum atomic E-state index is 12.9. The highest BCUT2D eigenvalue weighted by Crippen LogP contribution is 2.18. The number of nitrogens with zero attached hydrogens (tertiary/aromatic N) is 1. The average molecular weight is 389 g/mol. The van der Waals surface area contributed by atoms with Gasteiger partial charge in [0, 0.05) is 38.0 Å². The number of carbonyl (C=O) groups is 3. The van der Waals surface area contributed by atoms with Gasteiger partial charge < -0.3 is 15.5 Å². The van der Waals surface area contributed by atoms with E-state index in [1.807, 2.05) is 0 Å². The van der Waals surface area contributed by atoms with E-state index in [0.717, 1.165) is 32.2 Å². The number of amides is 2. The van der Waals surface area contributed by atoms with Crippen molar-refractivity contribution in [2.24, 2.45) is 5.92 Å². The lowest BCUT2D eigenvalue weighted by Crippen LogP contribution is -2.46. The van der Waals surface area contributed by atoms with E-state index in [9.17, 15) is 18.8 Å². The van der Waals surface area contributed by atoms with Gasteiger partial charge in [-0.25, -0.2) is 4.39 Å². The molecule has 2 fully saturated rings. The molecule has 0 bridgehead atoms. The van der Waals surface area contributed by atoms with E-state index in [-0.39, 0.29) is 48.2 Å². The van der Waals surface area contributed by atoms with Gasteiger partial charge in [-0.2, -0.15) is 0 Å². The van der Waals surface area contributed by atoms with E-state index in [2.05, 4.69) is 10.6 Å². The minimum atomic E-state index is -0.386. The van der Waals surface area contributed by atoms with Gasteiger partial charge in [-0.05, 0) is 62.4 Å². The minimum absolute atomic E-state index is 0.0380. The fourth-order valence-electron chi connectivity index (χ4n) is 3.89. The van der Waals surface area contributed by atoms with Gasteiger partial charge in [0.15, 0.2) is 5.78 Å². The zero-order valence-corrected chi connectivity index (χ0v) is 16.1. The Balaban J connectivity index is 1.41. The quantitative estimate of drug-likeness (QED) is 0.698. The van der Waals surface area contributed by atoms with Crippen molar-refractivity contribution in [3.8, 4) is 0 Å². The van der Waals surface area contributed by atoms with Crippen LogP contribution < -0.4 is 10.6 Å². The van der Waals surface area contributed by atoms with Crippen LogP contribution in [0.1, 0.15) is 48.9 Å².